The lowest BCUT2D eigenvalue weighted by Gasteiger charge is -2.29. The van der Waals surface area contributed by atoms with Crippen LogP contribution in [0.2, 0.25) is 0 Å². The zero-order valence-electron chi connectivity index (χ0n) is 15.6. The van der Waals surface area contributed by atoms with Crippen LogP contribution < -0.4 is 10.1 Å². The number of aryl methyl sites for hydroxylation is 1. The molecule has 0 atom stereocenters. The minimum Gasteiger partial charge on any atom is -0.490 e. The molecule has 140 valence electrons. The van der Waals surface area contributed by atoms with Crippen LogP contribution in [0.25, 0.3) is 0 Å². The quantitative estimate of drug-likeness (QED) is 0.889. The number of hydrogen-bond donors (Lipinski definition) is 1. The van der Waals surface area contributed by atoms with Crippen LogP contribution in [-0.2, 0) is 6.54 Å². The molecule has 0 unspecified atom stereocenters. The van der Waals surface area contributed by atoms with Crippen LogP contribution in [0.5, 0.6) is 5.75 Å². The maximum atomic E-state index is 12.3. The molecule has 0 radical (unpaired) electrons. The van der Waals surface area contributed by atoms with Crippen LogP contribution in [0.3, 0.4) is 0 Å². The Kier molecular flexibility index (Phi) is 5.78. The summed E-state index contributed by atoms with van der Waals surface area (Å²) in [6.07, 6.45) is 2.35. The fourth-order valence-electron chi connectivity index (χ4n) is 2.93. The van der Waals surface area contributed by atoms with Gasteiger partial charge in [-0.15, -0.1) is 0 Å². The molecule has 0 bridgehead atoms. The second-order valence-electron chi connectivity index (χ2n) is 6.87. The number of carbonyl (C=O) groups excluding carboxylic acids is 1. The van der Waals surface area contributed by atoms with Crippen molar-refractivity contribution >= 4 is 11.7 Å². The minimum absolute atomic E-state index is 0.206. The van der Waals surface area contributed by atoms with Crippen LogP contribution in [-0.4, -0.2) is 54.3 Å². The molecule has 0 saturated carbocycles. The lowest BCUT2D eigenvalue weighted by Crippen LogP contribution is -2.35. The third-order valence-corrected chi connectivity index (χ3v) is 4.49. The first kappa shape index (κ1) is 18.3. The number of hydrogen-bond acceptors (Lipinski definition) is 5. The smallest absolute Gasteiger partial charge is 0.321 e. The van der Waals surface area contributed by atoms with Gasteiger partial charge in [-0.05, 0) is 51.1 Å². The average Bonchev–Trinajstić information content (AvgIpc) is 3.03. The standard InChI is InChI=1S/C19H26N4O3/c1-14-12-18(26-21-14)13-23(3)19(24)20-15-4-6-16(7-5-15)25-17-8-10-22(2)11-9-17/h4-7,12,17H,8-11,13H2,1-3H3,(H,20,24). The summed E-state index contributed by atoms with van der Waals surface area (Å²) >= 11 is 0. The van der Waals surface area contributed by atoms with Gasteiger partial charge in [-0.1, -0.05) is 5.16 Å². The lowest BCUT2D eigenvalue weighted by atomic mass is 10.1. The van der Waals surface area contributed by atoms with Gasteiger partial charge in [0, 0.05) is 31.9 Å². The zero-order valence-corrected chi connectivity index (χ0v) is 15.6. The van der Waals surface area contributed by atoms with Gasteiger partial charge in [0.1, 0.15) is 11.9 Å². The van der Waals surface area contributed by atoms with E-state index in [0.29, 0.717) is 12.3 Å². The summed E-state index contributed by atoms with van der Waals surface area (Å²) in [6.45, 7) is 4.35. The molecular formula is C19H26N4O3. The number of nitrogens with zero attached hydrogens (tertiary/aromatic N) is 3. The molecule has 3 rings (SSSR count). The molecule has 1 fully saturated rings. The fourth-order valence-corrected chi connectivity index (χ4v) is 2.93. The Morgan fingerprint density at radius 2 is 2.04 bits per heavy atom. The number of amides is 2. The highest BCUT2D eigenvalue weighted by molar-refractivity contribution is 5.89. The van der Waals surface area contributed by atoms with E-state index in [1.54, 1.807) is 11.9 Å². The number of nitrogens with one attached hydrogen (secondary N) is 1. The van der Waals surface area contributed by atoms with Crippen molar-refractivity contribution in [3.63, 3.8) is 0 Å². The lowest BCUT2D eigenvalue weighted by molar-refractivity contribution is 0.114. The van der Waals surface area contributed by atoms with Crippen molar-refractivity contribution in [2.24, 2.45) is 0 Å². The van der Waals surface area contributed by atoms with E-state index in [2.05, 4.69) is 22.4 Å². The summed E-state index contributed by atoms with van der Waals surface area (Å²) in [7, 11) is 3.85. The largest absolute Gasteiger partial charge is 0.490 e. The van der Waals surface area contributed by atoms with E-state index in [1.807, 2.05) is 37.3 Å². The summed E-state index contributed by atoms with van der Waals surface area (Å²) in [5.74, 6) is 1.49. The van der Waals surface area contributed by atoms with Gasteiger partial charge < -0.3 is 24.4 Å². The molecule has 1 N–H and O–H groups in total. The first-order chi connectivity index (χ1) is 12.5. The van der Waals surface area contributed by atoms with Crippen molar-refractivity contribution < 1.29 is 14.1 Å². The third-order valence-electron chi connectivity index (χ3n) is 4.49. The molecule has 7 nitrogen and oxygen atoms in total. The van der Waals surface area contributed by atoms with Crippen molar-refractivity contribution in [1.82, 2.24) is 15.0 Å². The Hall–Kier alpha value is -2.54. The van der Waals surface area contributed by atoms with Crippen LogP contribution >= 0.6 is 0 Å². The van der Waals surface area contributed by atoms with Gasteiger partial charge in [0.25, 0.3) is 0 Å². The molecule has 2 aromatic rings. The number of urea groups is 1. The van der Waals surface area contributed by atoms with E-state index in [0.717, 1.165) is 43.1 Å². The predicted octanol–water partition coefficient (Wildman–Crippen LogP) is 3.12. The molecule has 1 aliphatic rings. The number of rotatable bonds is 5. The molecule has 0 spiro atoms. The third kappa shape index (κ3) is 4.98. The molecule has 2 heterocycles. The van der Waals surface area contributed by atoms with Crippen LogP contribution in [0, 0.1) is 6.92 Å². The number of benzene rings is 1. The van der Waals surface area contributed by atoms with Crippen LogP contribution in [0.1, 0.15) is 24.3 Å². The van der Waals surface area contributed by atoms with Gasteiger partial charge in [0.15, 0.2) is 5.76 Å². The number of carbonyl (C=O) groups is 1. The van der Waals surface area contributed by atoms with E-state index in [-0.39, 0.29) is 12.1 Å². The first-order valence-electron chi connectivity index (χ1n) is 8.89. The van der Waals surface area contributed by atoms with E-state index >= 15 is 0 Å². The van der Waals surface area contributed by atoms with Crippen molar-refractivity contribution in [1.29, 1.82) is 0 Å². The molecular weight excluding hydrogens is 332 g/mol. The highest BCUT2D eigenvalue weighted by Crippen LogP contribution is 2.21. The number of piperidine rings is 1. The first-order valence-corrected chi connectivity index (χ1v) is 8.89. The maximum Gasteiger partial charge on any atom is 0.321 e. The molecule has 1 aromatic carbocycles. The molecule has 1 saturated heterocycles. The van der Waals surface area contributed by atoms with Crippen molar-refractivity contribution in [2.75, 3.05) is 32.5 Å². The predicted molar refractivity (Wildman–Crippen MR) is 99.3 cm³/mol. The highest BCUT2D eigenvalue weighted by Gasteiger charge is 2.18. The number of anilines is 1. The van der Waals surface area contributed by atoms with Gasteiger partial charge in [-0.2, -0.15) is 0 Å². The number of likely N-dealkylation sites (tertiary alicyclic amines) is 1. The minimum atomic E-state index is -0.206. The Labute approximate surface area is 153 Å². The Morgan fingerprint density at radius 1 is 1.35 bits per heavy atom. The fraction of sp³-hybridized carbons (Fsp3) is 0.474. The highest BCUT2D eigenvalue weighted by atomic mass is 16.5. The normalized spacial score (nSPS) is 15.7. The van der Waals surface area contributed by atoms with Gasteiger partial charge >= 0.3 is 6.03 Å². The second kappa shape index (κ2) is 8.23. The van der Waals surface area contributed by atoms with Crippen LogP contribution in [0.15, 0.2) is 34.9 Å². The summed E-state index contributed by atoms with van der Waals surface area (Å²) < 4.78 is 11.2. The van der Waals surface area contributed by atoms with E-state index in [1.165, 1.54) is 0 Å². The van der Waals surface area contributed by atoms with E-state index in [9.17, 15) is 4.79 Å². The van der Waals surface area contributed by atoms with E-state index in [4.69, 9.17) is 9.26 Å². The summed E-state index contributed by atoms with van der Waals surface area (Å²) in [5.41, 5.74) is 1.53. The molecule has 1 aromatic heterocycles. The van der Waals surface area contributed by atoms with Gasteiger partial charge in [-0.3, -0.25) is 0 Å². The van der Waals surface area contributed by atoms with Crippen molar-refractivity contribution in [3.8, 4) is 5.75 Å². The van der Waals surface area contributed by atoms with Gasteiger partial charge in [-0.25, -0.2) is 4.79 Å². The molecule has 0 aliphatic carbocycles. The average molecular weight is 358 g/mol. The Morgan fingerprint density at radius 3 is 2.65 bits per heavy atom. The summed E-state index contributed by atoms with van der Waals surface area (Å²) in [5, 5.41) is 6.69. The Bertz CT molecular complexity index is 721. The molecule has 7 heteroatoms. The molecule has 1 aliphatic heterocycles. The van der Waals surface area contributed by atoms with Gasteiger partial charge in [0.2, 0.25) is 0 Å². The maximum absolute atomic E-state index is 12.3. The summed E-state index contributed by atoms with van der Waals surface area (Å²) in [4.78, 5) is 16.1. The van der Waals surface area contributed by atoms with Crippen molar-refractivity contribution in [2.45, 2.75) is 32.4 Å². The van der Waals surface area contributed by atoms with Crippen LogP contribution in [0.4, 0.5) is 10.5 Å². The topological polar surface area (TPSA) is 70.8 Å². The molecule has 2 amide bonds. The van der Waals surface area contributed by atoms with E-state index < -0.39 is 0 Å². The summed E-state index contributed by atoms with van der Waals surface area (Å²) in [6, 6.07) is 9.12. The van der Waals surface area contributed by atoms with Gasteiger partial charge in [0.05, 0.1) is 12.2 Å². The zero-order chi connectivity index (χ0) is 18.5. The Balaban J connectivity index is 1.49. The number of ether oxygens (including phenoxy) is 1. The second-order valence-corrected chi connectivity index (χ2v) is 6.87. The van der Waals surface area contributed by atoms with Crippen molar-refractivity contribution in [3.05, 3.63) is 41.8 Å². The number of aromatic nitrogens is 1. The monoisotopic (exact) mass is 358 g/mol. The SMILES string of the molecule is Cc1cc(CN(C)C(=O)Nc2ccc(OC3CCN(C)CC3)cc2)on1. The molecule has 26 heavy (non-hydrogen) atoms.